The van der Waals surface area contributed by atoms with Gasteiger partial charge in [0.05, 0.1) is 0 Å². The number of hydrogen-bond acceptors (Lipinski definition) is 1. The van der Waals surface area contributed by atoms with Gasteiger partial charge in [0.15, 0.2) is 0 Å². The Kier molecular flexibility index (Phi) is 3.52. The Bertz CT molecular complexity index is 274. The molecule has 0 amide bonds. The predicted molar refractivity (Wildman–Crippen MR) is 44.9 cm³/mol. The van der Waals surface area contributed by atoms with Gasteiger partial charge in [-0.1, -0.05) is 30.3 Å². The standard InChI is InChI=1S/C8H7BF4O/c10-8(11,12)6-14-9(13)7-4-2-1-3-5-7/h1-5H,6H2. The maximum Gasteiger partial charge on any atom is 0.534 e. The summed E-state index contributed by atoms with van der Waals surface area (Å²) in [5.74, 6) is 0. The number of alkyl halides is 3. The molecule has 0 fully saturated rings. The zero-order chi connectivity index (χ0) is 10.6. The fourth-order valence-corrected chi connectivity index (χ4v) is 0.868. The quantitative estimate of drug-likeness (QED) is 0.542. The fourth-order valence-electron chi connectivity index (χ4n) is 0.868. The first-order valence-electron chi connectivity index (χ1n) is 3.86. The number of rotatable bonds is 3. The molecule has 1 aromatic rings. The Morgan fingerprint density at radius 3 is 2.21 bits per heavy atom. The van der Waals surface area contributed by atoms with E-state index in [0.717, 1.165) is 0 Å². The van der Waals surface area contributed by atoms with Gasteiger partial charge in [0.1, 0.15) is 6.61 Å². The highest BCUT2D eigenvalue weighted by molar-refractivity contribution is 6.60. The molecule has 76 valence electrons. The normalized spacial score (nSPS) is 11.4. The molecule has 1 nitrogen and oxygen atoms in total. The highest BCUT2D eigenvalue weighted by Gasteiger charge is 2.31. The van der Waals surface area contributed by atoms with Gasteiger partial charge < -0.3 is 4.65 Å². The molecule has 0 bridgehead atoms. The molecule has 0 radical (unpaired) electrons. The molecule has 0 spiro atoms. The Hall–Kier alpha value is -1.04. The van der Waals surface area contributed by atoms with Crippen LogP contribution in [0.4, 0.5) is 17.5 Å². The first kappa shape index (κ1) is 11.0. The molecule has 0 saturated heterocycles. The van der Waals surface area contributed by atoms with Gasteiger partial charge in [-0.15, -0.1) is 0 Å². The summed E-state index contributed by atoms with van der Waals surface area (Å²) in [5.41, 5.74) is 0.0803. The zero-order valence-electron chi connectivity index (χ0n) is 7.09. The van der Waals surface area contributed by atoms with Crippen LogP contribution >= 0.6 is 0 Å². The summed E-state index contributed by atoms with van der Waals surface area (Å²) in [5, 5.41) is 0. The van der Waals surface area contributed by atoms with Crippen molar-refractivity contribution in [3.63, 3.8) is 0 Å². The lowest BCUT2D eigenvalue weighted by Gasteiger charge is -2.08. The van der Waals surface area contributed by atoms with Crippen LogP contribution < -0.4 is 5.46 Å². The SMILES string of the molecule is FB(OCC(F)(F)F)c1ccccc1. The first-order valence-corrected chi connectivity index (χ1v) is 3.86. The minimum Gasteiger partial charge on any atom is -0.395 e. The molecule has 0 N–H and O–H groups in total. The van der Waals surface area contributed by atoms with Crippen LogP contribution in [-0.4, -0.2) is 20.0 Å². The summed E-state index contributed by atoms with van der Waals surface area (Å²) >= 11 is 0. The average molecular weight is 206 g/mol. The van der Waals surface area contributed by atoms with Crippen molar-refractivity contribution in [3.05, 3.63) is 30.3 Å². The third kappa shape index (κ3) is 3.78. The summed E-state index contributed by atoms with van der Waals surface area (Å²) in [6, 6.07) is 7.42. The van der Waals surface area contributed by atoms with E-state index in [1.165, 1.54) is 24.3 Å². The van der Waals surface area contributed by atoms with Gasteiger partial charge in [0.2, 0.25) is 0 Å². The maximum absolute atomic E-state index is 12.9. The second-order valence-electron chi connectivity index (χ2n) is 2.65. The Morgan fingerprint density at radius 2 is 1.71 bits per heavy atom. The van der Waals surface area contributed by atoms with Gasteiger partial charge in [0.25, 0.3) is 0 Å². The summed E-state index contributed by atoms with van der Waals surface area (Å²) in [6.07, 6.45) is -4.50. The number of hydrogen-bond donors (Lipinski definition) is 0. The van der Waals surface area contributed by atoms with E-state index < -0.39 is 20.0 Å². The minimum atomic E-state index is -4.50. The van der Waals surface area contributed by atoms with Gasteiger partial charge >= 0.3 is 13.4 Å². The summed E-state index contributed by atoms with van der Waals surface area (Å²) in [7, 11) is -2.03. The molecular formula is C8H7BF4O. The van der Waals surface area contributed by atoms with Gasteiger partial charge in [-0.2, -0.15) is 13.2 Å². The van der Waals surface area contributed by atoms with Crippen LogP contribution in [0.1, 0.15) is 0 Å². The molecular weight excluding hydrogens is 199 g/mol. The molecule has 14 heavy (non-hydrogen) atoms. The van der Waals surface area contributed by atoms with E-state index in [-0.39, 0.29) is 5.46 Å². The van der Waals surface area contributed by atoms with E-state index in [1.54, 1.807) is 6.07 Å². The first-order chi connectivity index (χ1) is 6.49. The van der Waals surface area contributed by atoms with Gasteiger partial charge in [-0.3, -0.25) is 4.32 Å². The van der Waals surface area contributed by atoms with E-state index in [0.29, 0.717) is 0 Å². The van der Waals surface area contributed by atoms with Crippen molar-refractivity contribution in [1.29, 1.82) is 0 Å². The van der Waals surface area contributed by atoms with Crippen LogP contribution in [0.3, 0.4) is 0 Å². The summed E-state index contributed by atoms with van der Waals surface area (Å²) in [6.45, 7) is -1.58. The number of benzene rings is 1. The van der Waals surface area contributed by atoms with E-state index >= 15 is 0 Å². The topological polar surface area (TPSA) is 9.23 Å². The van der Waals surface area contributed by atoms with Crippen molar-refractivity contribution in [3.8, 4) is 0 Å². The number of halogens is 4. The van der Waals surface area contributed by atoms with Crippen LogP contribution in [-0.2, 0) is 4.65 Å². The van der Waals surface area contributed by atoms with Crippen molar-refractivity contribution >= 4 is 12.7 Å². The van der Waals surface area contributed by atoms with Gasteiger partial charge in [-0.25, -0.2) is 0 Å². The predicted octanol–water partition coefficient (Wildman–Crippen LogP) is 1.93. The molecule has 1 rings (SSSR count). The lowest BCUT2D eigenvalue weighted by Crippen LogP contribution is -2.33. The van der Waals surface area contributed by atoms with Crippen molar-refractivity contribution in [2.24, 2.45) is 0 Å². The highest BCUT2D eigenvalue weighted by Crippen LogP contribution is 2.14. The third-order valence-corrected chi connectivity index (χ3v) is 1.45. The van der Waals surface area contributed by atoms with E-state index in [9.17, 15) is 17.5 Å². The lowest BCUT2D eigenvalue weighted by atomic mass is 9.83. The molecule has 0 unspecified atom stereocenters. The molecule has 0 aliphatic rings. The lowest BCUT2D eigenvalue weighted by molar-refractivity contribution is -0.155. The average Bonchev–Trinajstić information content (AvgIpc) is 2.14. The Labute approximate surface area is 78.8 Å². The van der Waals surface area contributed by atoms with Crippen LogP contribution in [0.2, 0.25) is 0 Å². The summed E-state index contributed by atoms with van der Waals surface area (Å²) < 4.78 is 51.9. The van der Waals surface area contributed by atoms with Crippen molar-refractivity contribution < 1.29 is 22.1 Å². The third-order valence-electron chi connectivity index (χ3n) is 1.45. The molecule has 0 heterocycles. The smallest absolute Gasteiger partial charge is 0.395 e. The largest absolute Gasteiger partial charge is 0.534 e. The Balaban J connectivity index is 2.48. The zero-order valence-corrected chi connectivity index (χ0v) is 7.09. The molecule has 0 aliphatic heterocycles. The van der Waals surface area contributed by atoms with Gasteiger partial charge in [0, 0.05) is 0 Å². The minimum absolute atomic E-state index is 0.0803. The monoisotopic (exact) mass is 206 g/mol. The molecule has 0 aromatic heterocycles. The second-order valence-corrected chi connectivity index (χ2v) is 2.65. The molecule has 0 aliphatic carbocycles. The van der Waals surface area contributed by atoms with Crippen LogP contribution in [0, 0.1) is 0 Å². The highest BCUT2D eigenvalue weighted by atomic mass is 19.4. The molecule has 6 heteroatoms. The van der Waals surface area contributed by atoms with E-state index in [1.807, 2.05) is 0 Å². The fraction of sp³-hybridized carbons (Fsp3) is 0.250. The van der Waals surface area contributed by atoms with Crippen molar-refractivity contribution in [2.75, 3.05) is 6.61 Å². The molecule has 1 aromatic carbocycles. The van der Waals surface area contributed by atoms with Crippen molar-refractivity contribution in [2.45, 2.75) is 6.18 Å². The maximum atomic E-state index is 12.9. The van der Waals surface area contributed by atoms with Crippen LogP contribution in [0.25, 0.3) is 0 Å². The van der Waals surface area contributed by atoms with Crippen LogP contribution in [0.15, 0.2) is 30.3 Å². The molecule has 0 atom stereocenters. The summed E-state index contributed by atoms with van der Waals surface area (Å²) in [4.78, 5) is 0. The molecule has 0 saturated carbocycles. The van der Waals surface area contributed by atoms with E-state index in [2.05, 4.69) is 4.65 Å². The van der Waals surface area contributed by atoms with E-state index in [4.69, 9.17) is 0 Å². The van der Waals surface area contributed by atoms with Crippen LogP contribution in [0.5, 0.6) is 0 Å². The second kappa shape index (κ2) is 4.46. The van der Waals surface area contributed by atoms with Gasteiger partial charge in [-0.05, 0) is 5.46 Å². The van der Waals surface area contributed by atoms with Crippen molar-refractivity contribution in [1.82, 2.24) is 0 Å². The Morgan fingerprint density at radius 1 is 1.14 bits per heavy atom.